The van der Waals surface area contributed by atoms with Gasteiger partial charge in [-0.3, -0.25) is 9.69 Å². The van der Waals surface area contributed by atoms with Crippen LogP contribution >= 0.6 is 0 Å². The SMILES string of the molecule is Nc1cc(C(=O)N2CC[C@]3(CCCN(Cc4ccc(F)c(F)c4)C3)C2)ccn1. The van der Waals surface area contributed by atoms with Gasteiger partial charge in [0.25, 0.3) is 5.91 Å². The first-order chi connectivity index (χ1) is 13.4. The van der Waals surface area contributed by atoms with Crippen molar-refractivity contribution in [3.63, 3.8) is 0 Å². The minimum atomic E-state index is -0.819. The van der Waals surface area contributed by atoms with Crippen molar-refractivity contribution in [3.05, 3.63) is 59.3 Å². The van der Waals surface area contributed by atoms with Gasteiger partial charge in [0.05, 0.1) is 0 Å². The Morgan fingerprint density at radius 3 is 2.75 bits per heavy atom. The van der Waals surface area contributed by atoms with Gasteiger partial charge in [-0.05, 0) is 55.6 Å². The van der Waals surface area contributed by atoms with E-state index in [1.54, 1.807) is 24.4 Å². The van der Waals surface area contributed by atoms with Gasteiger partial charge in [0.1, 0.15) is 5.82 Å². The van der Waals surface area contributed by atoms with E-state index in [1.165, 1.54) is 12.1 Å². The number of piperidine rings is 1. The van der Waals surface area contributed by atoms with Crippen LogP contribution in [0.4, 0.5) is 14.6 Å². The van der Waals surface area contributed by atoms with Crippen LogP contribution in [0.15, 0.2) is 36.5 Å². The predicted octanol–water partition coefficient (Wildman–Crippen LogP) is 3.07. The molecular formula is C21H24F2N4O. The standard InChI is InChI=1S/C21H24F2N4O/c22-17-3-2-15(10-18(17)23)12-26-8-1-5-21(13-26)6-9-27(14-21)20(28)16-4-7-25-19(24)11-16/h2-4,7,10-11H,1,5-6,8-9,12-14H2,(H2,24,25)/t21-/m0/s1. The largest absolute Gasteiger partial charge is 0.384 e. The third kappa shape index (κ3) is 3.85. The summed E-state index contributed by atoms with van der Waals surface area (Å²) in [5.74, 6) is -1.29. The highest BCUT2D eigenvalue weighted by molar-refractivity contribution is 5.95. The summed E-state index contributed by atoms with van der Waals surface area (Å²) in [6, 6.07) is 7.40. The Balaban J connectivity index is 1.42. The molecular weight excluding hydrogens is 362 g/mol. The van der Waals surface area contributed by atoms with E-state index in [-0.39, 0.29) is 11.3 Å². The van der Waals surface area contributed by atoms with Crippen LogP contribution in [0, 0.1) is 17.0 Å². The highest BCUT2D eigenvalue weighted by Gasteiger charge is 2.42. The normalized spacial score (nSPS) is 22.7. The maximum absolute atomic E-state index is 13.5. The molecule has 2 N–H and O–H groups in total. The number of hydrogen-bond donors (Lipinski definition) is 1. The molecule has 2 saturated heterocycles. The van der Waals surface area contributed by atoms with Crippen molar-refractivity contribution in [2.75, 3.05) is 31.9 Å². The number of carbonyl (C=O) groups excluding carboxylic acids is 1. The molecule has 0 saturated carbocycles. The zero-order valence-electron chi connectivity index (χ0n) is 15.7. The molecule has 1 spiro atoms. The molecule has 28 heavy (non-hydrogen) atoms. The average Bonchev–Trinajstić information content (AvgIpc) is 3.07. The lowest BCUT2D eigenvalue weighted by molar-refractivity contribution is 0.0675. The summed E-state index contributed by atoms with van der Waals surface area (Å²) in [7, 11) is 0. The highest BCUT2D eigenvalue weighted by atomic mass is 19.2. The topological polar surface area (TPSA) is 62.5 Å². The number of nitrogens with two attached hydrogens (primary N) is 1. The van der Waals surface area contributed by atoms with Gasteiger partial charge in [-0.15, -0.1) is 0 Å². The molecule has 148 valence electrons. The molecule has 2 aromatic rings. The third-order valence-electron chi connectivity index (χ3n) is 5.88. The van der Waals surface area contributed by atoms with Crippen molar-refractivity contribution in [3.8, 4) is 0 Å². The number of nitrogen functional groups attached to an aromatic ring is 1. The molecule has 0 unspecified atom stereocenters. The molecule has 2 aliphatic heterocycles. The molecule has 0 aliphatic carbocycles. The fraction of sp³-hybridized carbons (Fsp3) is 0.429. The number of benzene rings is 1. The Kier molecular flexibility index (Phi) is 5.02. The van der Waals surface area contributed by atoms with E-state index in [4.69, 9.17) is 5.73 Å². The number of nitrogens with zero attached hydrogens (tertiary/aromatic N) is 3. The molecule has 5 nitrogen and oxygen atoms in total. The first-order valence-corrected chi connectivity index (χ1v) is 9.61. The Morgan fingerprint density at radius 1 is 1.11 bits per heavy atom. The number of halogens is 2. The van der Waals surface area contributed by atoms with Gasteiger partial charge < -0.3 is 10.6 Å². The fourth-order valence-electron chi connectivity index (χ4n) is 4.55. The minimum absolute atomic E-state index is 0.0105. The number of amides is 1. The molecule has 0 bridgehead atoms. The summed E-state index contributed by atoms with van der Waals surface area (Å²) in [5.41, 5.74) is 7.11. The summed E-state index contributed by atoms with van der Waals surface area (Å²) in [6.07, 6.45) is 4.61. The predicted molar refractivity (Wildman–Crippen MR) is 102 cm³/mol. The molecule has 2 aliphatic rings. The number of hydrogen-bond acceptors (Lipinski definition) is 4. The Morgan fingerprint density at radius 2 is 1.96 bits per heavy atom. The lowest BCUT2D eigenvalue weighted by atomic mass is 9.79. The van der Waals surface area contributed by atoms with Crippen molar-refractivity contribution in [2.45, 2.75) is 25.8 Å². The fourth-order valence-corrected chi connectivity index (χ4v) is 4.55. The van der Waals surface area contributed by atoms with E-state index in [0.717, 1.165) is 44.5 Å². The van der Waals surface area contributed by atoms with Crippen LogP contribution in [0.3, 0.4) is 0 Å². The summed E-state index contributed by atoms with van der Waals surface area (Å²) in [4.78, 5) is 20.9. The van der Waals surface area contributed by atoms with Crippen LogP contribution in [0.25, 0.3) is 0 Å². The lowest BCUT2D eigenvalue weighted by Gasteiger charge is -2.40. The van der Waals surface area contributed by atoms with Crippen molar-refractivity contribution in [1.82, 2.24) is 14.8 Å². The van der Waals surface area contributed by atoms with Crippen LogP contribution in [0.2, 0.25) is 0 Å². The first kappa shape index (κ1) is 18.8. The second-order valence-electron chi connectivity index (χ2n) is 8.01. The average molecular weight is 386 g/mol. The van der Waals surface area contributed by atoms with E-state index < -0.39 is 11.6 Å². The Bertz CT molecular complexity index is 890. The molecule has 1 aromatic carbocycles. The maximum atomic E-state index is 13.5. The number of likely N-dealkylation sites (tertiary alicyclic amines) is 2. The molecule has 1 atom stereocenters. The molecule has 0 radical (unpaired) electrons. The van der Waals surface area contributed by atoms with Crippen LogP contribution in [-0.4, -0.2) is 46.9 Å². The monoisotopic (exact) mass is 386 g/mol. The number of aromatic nitrogens is 1. The van der Waals surface area contributed by atoms with Crippen LogP contribution in [0.1, 0.15) is 35.2 Å². The summed E-state index contributed by atoms with van der Waals surface area (Å²) < 4.78 is 26.7. The number of anilines is 1. The van der Waals surface area contributed by atoms with Gasteiger partial charge in [0.15, 0.2) is 11.6 Å². The zero-order chi connectivity index (χ0) is 19.7. The van der Waals surface area contributed by atoms with E-state index in [0.29, 0.717) is 24.5 Å². The minimum Gasteiger partial charge on any atom is -0.384 e. The molecule has 1 amide bonds. The molecule has 4 rings (SSSR count). The smallest absolute Gasteiger partial charge is 0.254 e. The second-order valence-corrected chi connectivity index (χ2v) is 8.01. The van der Waals surface area contributed by atoms with E-state index in [9.17, 15) is 13.6 Å². The van der Waals surface area contributed by atoms with Crippen molar-refractivity contribution in [2.24, 2.45) is 5.41 Å². The molecule has 7 heteroatoms. The van der Waals surface area contributed by atoms with E-state index >= 15 is 0 Å². The lowest BCUT2D eigenvalue weighted by Crippen LogP contribution is -2.45. The molecule has 3 heterocycles. The van der Waals surface area contributed by atoms with Gasteiger partial charge in [-0.25, -0.2) is 13.8 Å². The van der Waals surface area contributed by atoms with Crippen LogP contribution < -0.4 is 5.73 Å². The van der Waals surface area contributed by atoms with Gasteiger partial charge in [0, 0.05) is 43.4 Å². The number of pyridine rings is 1. The van der Waals surface area contributed by atoms with E-state index in [1.807, 2.05) is 4.90 Å². The van der Waals surface area contributed by atoms with Gasteiger partial charge in [-0.1, -0.05) is 6.07 Å². The molecule has 1 aromatic heterocycles. The van der Waals surface area contributed by atoms with Crippen molar-refractivity contribution >= 4 is 11.7 Å². The number of carbonyl (C=O) groups is 1. The second kappa shape index (κ2) is 7.47. The van der Waals surface area contributed by atoms with E-state index in [2.05, 4.69) is 9.88 Å². The summed E-state index contributed by atoms with van der Waals surface area (Å²) >= 11 is 0. The summed E-state index contributed by atoms with van der Waals surface area (Å²) in [5, 5.41) is 0. The first-order valence-electron chi connectivity index (χ1n) is 9.61. The zero-order valence-corrected chi connectivity index (χ0v) is 15.7. The maximum Gasteiger partial charge on any atom is 0.254 e. The Hall–Kier alpha value is -2.54. The Labute approximate surface area is 163 Å². The third-order valence-corrected chi connectivity index (χ3v) is 5.88. The van der Waals surface area contributed by atoms with Gasteiger partial charge in [-0.2, -0.15) is 0 Å². The van der Waals surface area contributed by atoms with Crippen LogP contribution in [-0.2, 0) is 6.54 Å². The number of rotatable bonds is 3. The van der Waals surface area contributed by atoms with Gasteiger partial charge in [0.2, 0.25) is 0 Å². The van der Waals surface area contributed by atoms with Crippen LogP contribution in [0.5, 0.6) is 0 Å². The quantitative estimate of drug-likeness (QED) is 0.881. The van der Waals surface area contributed by atoms with Crippen molar-refractivity contribution in [1.29, 1.82) is 0 Å². The highest BCUT2D eigenvalue weighted by Crippen LogP contribution is 2.39. The molecule has 2 fully saturated rings. The van der Waals surface area contributed by atoms with Crippen molar-refractivity contribution < 1.29 is 13.6 Å². The van der Waals surface area contributed by atoms with Gasteiger partial charge >= 0.3 is 0 Å². The summed E-state index contributed by atoms with van der Waals surface area (Å²) in [6.45, 7) is 3.81.